The summed E-state index contributed by atoms with van der Waals surface area (Å²) in [5, 5.41) is 6.25. The van der Waals surface area contributed by atoms with E-state index in [4.69, 9.17) is 11.6 Å². The fourth-order valence-electron chi connectivity index (χ4n) is 7.14. The molecule has 1 saturated carbocycles. The average molecular weight is 514 g/mol. The van der Waals surface area contributed by atoms with Gasteiger partial charge in [0, 0.05) is 63.3 Å². The molecule has 4 heterocycles. The minimum Gasteiger partial charge on any atom is -0.339 e. The highest BCUT2D eigenvalue weighted by Crippen LogP contribution is 2.47. The van der Waals surface area contributed by atoms with Crippen LogP contribution in [0.1, 0.15) is 61.7 Å². The van der Waals surface area contributed by atoms with Crippen LogP contribution in [0.2, 0.25) is 5.02 Å². The van der Waals surface area contributed by atoms with Gasteiger partial charge in [-0.15, -0.1) is 0 Å². The van der Waals surface area contributed by atoms with E-state index in [1.54, 1.807) is 18.2 Å². The number of nitrogens with one attached hydrogen (secondary N) is 2. The number of likely N-dealkylation sites (tertiary alicyclic amines) is 1. The molecule has 1 aromatic rings. The van der Waals surface area contributed by atoms with Gasteiger partial charge in [-0.05, 0) is 74.5 Å². The van der Waals surface area contributed by atoms with Gasteiger partial charge in [0.2, 0.25) is 5.91 Å². The third-order valence-electron chi connectivity index (χ3n) is 9.53. The van der Waals surface area contributed by atoms with Crippen LogP contribution in [0.4, 0.5) is 10.5 Å². The number of carbonyl (C=O) groups is 3. The van der Waals surface area contributed by atoms with E-state index in [0.29, 0.717) is 21.7 Å². The number of piperazine rings is 1. The van der Waals surface area contributed by atoms with Crippen LogP contribution in [-0.4, -0.2) is 79.0 Å². The second-order valence-corrected chi connectivity index (χ2v) is 12.0. The highest BCUT2D eigenvalue weighted by molar-refractivity contribution is 6.34. The van der Waals surface area contributed by atoms with Crippen molar-refractivity contribution in [1.29, 1.82) is 0 Å². The van der Waals surface area contributed by atoms with Crippen molar-refractivity contribution >= 4 is 35.1 Å². The predicted octanol–water partition coefficient (Wildman–Crippen LogP) is 3.25. The largest absolute Gasteiger partial charge is 0.339 e. The molecule has 8 nitrogen and oxygen atoms in total. The Hall–Kier alpha value is -2.16. The van der Waals surface area contributed by atoms with Crippen LogP contribution in [0.5, 0.6) is 0 Å². The Labute approximate surface area is 217 Å². The van der Waals surface area contributed by atoms with E-state index in [0.717, 1.165) is 57.0 Å². The first-order valence-electron chi connectivity index (χ1n) is 13.6. The Kier molecular flexibility index (Phi) is 6.46. The molecule has 0 radical (unpaired) electrons. The number of carbonyl (C=O) groups excluding carboxylic acids is 3. The van der Waals surface area contributed by atoms with E-state index in [-0.39, 0.29) is 24.8 Å². The number of anilines is 1. The van der Waals surface area contributed by atoms with E-state index in [9.17, 15) is 14.4 Å². The van der Waals surface area contributed by atoms with Gasteiger partial charge >= 0.3 is 6.03 Å². The maximum absolute atomic E-state index is 13.4. The fraction of sp³-hybridized carbons (Fsp3) is 0.667. The second-order valence-electron chi connectivity index (χ2n) is 11.6. The molecule has 2 atom stereocenters. The highest BCUT2D eigenvalue weighted by Gasteiger charge is 2.44. The zero-order valence-corrected chi connectivity index (χ0v) is 21.6. The number of amides is 4. The summed E-state index contributed by atoms with van der Waals surface area (Å²) in [7, 11) is 0. The SMILES string of the molecule is O=C1CCN(c2cc(C(=O)N3CCC4(CCC(CN5C6CNCC5C6)CC4)CC3)ccc2Cl)C(=O)N1. The number of urea groups is 1. The minimum atomic E-state index is -0.498. The second kappa shape index (κ2) is 9.62. The first kappa shape index (κ1) is 24.2. The molecule has 5 fully saturated rings. The molecule has 2 N–H and O–H groups in total. The Morgan fingerprint density at radius 3 is 2.42 bits per heavy atom. The predicted molar refractivity (Wildman–Crippen MR) is 138 cm³/mol. The molecule has 36 heavy (non-hydrogen) atoms. The number of hydrogen-bond donors (Lipinski definition) is 2. The molecule has 6 rings (SSSR count). The topological polar surface area (TPSA) is 85.0 Å². The lowest BCUT2D eigenvalue weighted by Gasteiger charge is -2.55. The molecule has 1 aromatic carbocycles. The summed E-state index contributed by atoms with van der Waals surface area (Å²) in [4.78, 5) is 43.3. The van der Waals surface area contributed by atoms with Crippen LogP contribution in [0.3, 0.4) is 0 Å². The van der Waals surface area contributed by atoms with Gasteiger partial charge < -0.3 is 10.2 Å². The highest BCUT2D eigenvalue weighted by atomic mass is 35.5. The number of fused-ring (bicyclic) bond motifs is 2. The van der Waals surface area contributed by atoms with Crippen LogP contribution < -0.4 is 15.5 Å². The fourth-order valence-corrected chi connectivity index (χ4v) is 7.36. The van der Waals surface area contributed by atoms with Crippen molar-refractivity contribution in [2.24, 2.45) is 11.3 Å². The zero-order chi connectivity index (χ0) is 24.9. The van der Waals surface area contributed by atoms with Crippen LogP contribution in [0.15, 0.2) is 18.2 Å². The normalized spacial score (nSPS) is 28.7. The van der Waals surface area contributed by atoms with Crippen molar-refractivity contribution in [3.8, 4) is 0 Å². The lowest BCUT2D eigenvalue weighted by molar-refractivity contribution is -0.120. The molecule has 5 aliphatic rings. The molecule has 4 amide bonds. The van der Waals surface area contributed by atoms with Crippen molar-refractivity contribution in [3.05, 3.63) is 28.8 Å². The van der Waals surface area contributed by atoms with Gasteiger partial charge in [0.05, 0.1) is 10.7 Å². The number of nitrogens with zero attached hydrogens (tertiary/aromatic N) is 3. The summed E-state index contributed by atoms with van der Waals surface area (Å²) in [5.41, 5.74) is 1.40. The third kappa shape index (κ3) is 4.52. The summed E-state index contributed by atoms with van der Waals surface area (Å²) in [6.07, 6.45) is 8.95. The Morgan fingerprint density at radius 1 is 1.03 bits per heavy atom. The summed E-state index contributed by atoms with van der Waals surface area (Å²) in [5.74, 6) is 0.521. The van der Waals surface area contributed by atoms with Gasteiger partial charge in [0.1, 0.15) is 0 Å². The molecule has 194 valence electrons. The van der Waals surface area contributed by atoms with Crippen molar-refractivity contribution in [2.75, 3.05) is 44.2 Å². The summed E-state index contributed by atoms with van der Waals surface area (Å²) >= 11 is 6.37. The minimum absolute atomic E-state index is 0.0112. The lowest BCUT2D eigenvalue weighted by atomic mass is 9.65. The molecule has 2 bridgehead atoms. The first-order chi connectivity index (χ1) is 17.4. The molecule has 0 aromatic heterocycles. The molecule has 2 unspecified atom stereocenters. The van der Waals surface area contributed by atoms with E-state index in [1.807, 2.05) is 4.90 Å². The maximum atomic E-state index is 13.4. The quantitative estimate of drug-likeness (QED) is 0.645. The van der Waals surface area contributed by atoms with Crippen molar-refractivity contribution in [1.82, 2.24) is 20.4 Å². The number of hydrogen-bond acceptors (Lipinski definition) is 5. The van der Waals surface area contributed by atoms with Crippen LogP contribution in [0.25, 0.3) is 0 Å². The van der Waals surface area contributed by atoms with E-state index < -0.39 is 6.03 Å². The Bertz CT molecular complexity index is 1030. The van der Waals surface area contributed by atoms with Crippen molar-refractivity contribution in [2.45, 2.75) is 63.5 Å². The first-order valence-corrected chi connectivity index (χ1v) is 14.0. The van der Waals surface area contributed by atoms with Crippen LogP contribution in [-0.2, 0) is 4.79 Å². The molecular weight excluding hydrogens is 478 g/mol. The zero-order valence-electron chi connectivity index (χ0n) is 20.8. The lowest BCUT2D eigenvalue weighted by Crippen LogP contribution is -2.68. The third-order valence-corrected chi connectivity index (χ3v) is 9.85. The standard InChI is InChI=1S/C27H36ClN5O3/c28-22-2-1-19(13-23(22)32-10-5-24(34)30-26(32)36)25(35)31-11-8-27(9-12-31)6-3-18(4-7-27)17-33-20-14-21(33)16-29-15-20/h1-2,13,18,20-21,29H,3-12,14-17H2,(H,30,34,36). The number of rotatable bonds is 4. The Balaban J connectivity index is 1.04. The molecule has 1 aliphatic carbocycles. The van der Waals surface area contributed by atoms with Gasteiger partial charge in [-0.2, -0.15) is 0 Å². The van der Waals surface area contributed by atoms with Crippen LogP contribution in [0, 0.1) is 11.3 Å². The van der Waals surface area contributed by atoms with E-state index in [1.165, 1.54) is 43.5 Å². The monoisotopic (exact) mass is 513 g/mol. The summed E-state index contributed by atoms with van der Waals surface area (Å²) < 4.78 is 0. The van der Waals surface area contributed by atoms with Gasteiger partial charge in [-0.25, -0.2) is 4.79 Å². The van der Waals surface area contributed by atoms with Crippen molar-refractivity contribution in [3.63, 3.8) is 0 Å². The van der Waals surface area contributed by atoms with Gasteiger partial charge in [0.25, 0.3) is 5.91 Å². The number of imide groups is 1. The van der Waals surface area contributed by atoms with Crippen LogP contribution >= 0.6 is 11.6 Å². The molecular formula is C27H36ClN5O3. The van der Waals surface area contributed by atoms with Gasteiger partial charge in [0.15, 0.2) is 0 Å². The summed E-state index contributed by atoms with van der Waals surface area (Å²) in [6.45, 7) is 5.42. The molecule has 4 saturated heterocycles. The van der Waals surface area contributed by atoms with Gasteiger partial charge in [-0.3, -0.25) is 24.7 Å². The van der Waals surface area contributed by atoms with E-state index in [2.05, 4.69) is 15.5 Å². The summed E-state index contributed by atoms with van der Waals surface area (Å²) in [6, 6.07) is 6.14. The average Bonchev–Trinajstić information content (AvgIpc) is 2.89. The number of piperidine rings is 2. The number of benzene rings is 1. The van der Waals surface area contributed by atoms with E-state index >= 15 is 0 Å². The molecule has 4 aliphatic heterocycles. The number of halogens is 1. The van der Waals surface area contributed by atoms with Gasteiger partial charge in [-0.1, -0.05) is 11.6 Å². The van der Waals surface area contributed by atoms with Crippen molar-refractivity contribution < 1.29 is 14.4 Å². The smallest absolute Gasteiger partial charge is 0.328 e. The Morgan fingerprint density at radius 2 is 1.75 bits per heavy atom. The molecule has 9 heteroatoms. The maximum Gasteiger partial charge on any atom is 0.328 e. The molecule has 1 spiro atoms.